The van der Waals surface area contributed by atoms with Gasteiger partial charge in [-0.3, -0.25) is 0 Å². The molecule has 2 rings (SSSR count). The quantitative estimate of drug-likeness (QED) is 0.664. The van der Waals surface area contributed by atoms with Gasteiger partial charge < -0.3 is 5.32 Å². The summed E-state index contributed by atoms with van der Waals surface area (Å²) < 4.78 is 64.6. The number of hydrogen-bond acceptors (Lipinski definition) is 5. The molecule has 11 heteroatoms. The zero-order chi connectivity index (χ0) is 17.1. The first kappa shape index (κ1) is 16.3. The Labute approximate surface area is 125 Å². The van der Waals surface area contributed by atoms with Gasteiger partial charge in [0.15, 0.2) is 0 Å². The van der Waals surface area contributed by atoms with Crippen molar-refractivity contribution in [2.75, 3.05) is 5.32 Å². The first-order valence-electron chi connectivity index (χ1n) is 5.92. The van der Waals surface area contributed by atoms with Gasteiger partial charge in [-0.1, -0.05) is 18.2 Å². The average Bonchev–Trinajstić information content (AvgIpc) is 3.01. The molecule has 0 aliphatic carbocycles. The Bertz CT molecular complexity index is 744. The molecule has 2 aromatic rings. The third-order valence-electron chi connectivity index (χ3n) is 2.70. The average molecular weight is 330 g/mol. The highest BCUT2D eigenvalue weighted by atomic mass is 19.4. The van der Waals surface area contributed by atoms with E-state index in [1.54, 1.807) is 6.07 Å². The highest BCUT2D eigenvalue weighted by Crippen LogP contribution is 2.46. The third-order valence-corrected chi connectivity index (χ3v) is 2.70. The molecule has 1 aromatic carbocycles. The van der Waals surface area contributed by atoms with Gasteiger partial charge >= 0.3 is 12.1 Å². The number of H-pyrrole nitrogens is 1. The number of para-hydroxylation sites is 1. The van der Waals surface area contributed by atoms with E-state index in [0.29, 0.717) is 6.07 Å². The number of alkyl halides is 5. The summed E-state index contributed by atoms with van der Waals surface area (Å²) in [5.41, 5.74) is -1.98. The van der Waals surface area contributed by atoms with Gasteiger partial charge in [0.1, 0.15) is 11.6 Å². The second kappa shape index (κ2) is 5.99. The van der Waals surface area contributed by atoms with Crippen molar-refractivity contribution in [3.8, 4) is 6.07 Å². The molecule has 0 atom stereocenters. The Morgan fingerprint density at radius 1 is 1.22 bits per heavy atom. The van der Waals surface area contributed by atoms with Crippen LogP contribution in [0.15, 0.2) is 30.5 Å². The lowest BCUT2D eigenvalue weighted by Crippen LogP contribution is -2.34. The molecule has 0 unspecified atom stereocenters. The van der Waals surface area contributed by atoms with Crippen LogP contribution in [0.3, 0.4) is 0 Å². The van der Waals surface area contributed by atoms with Gasteiger partial charge in [-0.2, -0.15) is 32.4 Å². The Hall–Kier alpha value is -3.03. The van der Waals surface area contributed by atoms with Gasteiger partial charge in [-0.15, -0.1) is 10.2 Å². The molecule has 6 nitrogen and oxygen atoms in total. The van der Waals surface area contributed by atoms with Gasteiger partial charge in [-0.05, 0) is 11.3 Å². The van der Waals surface area contributed by atoms with Crippen molar-refractivity contribution in [2.45, 2.75) is 12.1 Å². The van der Waals surface area contributed by atoms with E-state index in [1.807, 2.05) is 0 Å². The van der Waals surface area contributed by atoms with E-state index in [0.717, 1.165) is 18.3 Å². The SMILES string of the molecule is N#CC(=CNc1ccccc1C(F)(F)C(F)(F)F)c1nn[nH]n1. The maximum absolute atomic E-state index is 13.5. The van der Waals surface area contributed by atoms with Gasteiger partial charge in [0.05, 0.1) is 5.56 Å². The van der Waals surface area contributed by atoms with Gasteiger partial charge in [0.25, 0.3) is 0 Å². The van der Waals surface area contributed by atoms with Crippen LogP contribution in [0.2, 0.25) is 0 Å². The molecule has 0 spiro atoms. The van der Waals surface area contributed by atoms with Crippen LogP contribution in [-0.2, 0) is 5.92 Å². The molecular weight excluding hydrogens is 323 g/mol. The van der Waals surface area contributed by atoms with Crippen molar-refractivity contribution in [3.63, 3.8) is 0 Å². The second-order valence-electron chi connectivity index (χ2n) is 4.17. The Morgan fingerprint density at radius 3 is 2.48 bits per heavy atom. The number of aromatic nitrogens is 4. The summed E-state index contributed by atoms with van der Waals surface area (Å²) in [6, 6.07) is 5.65. The van der Waals surface area contributed by atoms with E-state index in [1.165, 1.54) is 6.07 Å². The van der Waals surface area contributed by atoms with Crippen molar-refractivity contribution >= 4 is 11.3 Å². The molecule has 23 heavy (non-hydrogen) atoms. The number of nitriles is 1. The molecule has 0 bridgehead atoms. The number of halogens is 5. The number of tetrazole rings is 1. The normalized spacial score (nSPS) is 12.8. The molecule has 0 amide bonds. The fourth-order valence-electron chi connectivity index (χ4n) is 1.61. The van der Waals surface area contributed by atoms with Crippen molar-refractivity contribution in [1.82, 2.24) is 20.6 Å². The molecule has 0 radical (unpaired) electrons. The van der Waals surface area contributed by atoms with E-state index in [4.69, 9.17) is 5.26 Å². The molecule has 0 saturated heterocycles. The van der Waals surface area contributed by atoms with Crippen LogP contribution >= 0.6 is 0 Å². The minimum atomic E-state index is -5.75. The Kier molecular flexibility index (Phi) is 4.26. The third kappa shape index (κ3) is 3.25. The largest absolute Gasteiger partial charge is 0.458 e. The Balaban J connectivity index is 2.38. The summed E-state index contributed by atoms with van der Waals surface area (Å²) in [7, 11) is 0. The van der Waals surface area contributed by atoms with Crippen LogP contribution in [-0.4, -0.2) is 26.8 Å². The number of anilines is 1. The lowest BCUT2D eigenvalue weighted by atomic mass is 10.1. The smallest absolute Gasteiger partial charge is 0.360 e. The molecule has 1 aromatic heterocycles. The zero-order valence-corrected chi connectivity index (χ0v) is 11.1. The fraction of sp³-hybridized carbons (Fsp3) is 0.167. The van der Waals surface area contributed by atoms with Crippen LogP contribution < -0.4 is 5.32 Å². The molecule has 0 aliphatic heterocycles. The fourth-order valence-corrected chi connectivity index (χ4v) is 1.61. The van der Waals surface area contributed by atoms with Crippen molar-refractivity contribution in [1.29, 1.82) is 5.26 Å². The Morgan fingerprint density at radius 2 is 1.91 bits per heavy atom. The lowest BCUT2D eigenvalue weighted by molar-refractivity contribution is -0.289. The zero-order valence-electron chi connectivity index (χ0n) is 11.1. The van der Waals surface area contributed by atoms with Crippen molar-refractivity contribution < 1.29 is 22.0 Å². The summed E-state index contributed by atoms with van der Waals surface area (Å²) in [5.74, 6) is -5.19. The van der Waals surface area contributed by atoms with E-state index >= 15 is 0 Å². The summed E-state index contributed by atoms with van der Waals surface area (Å²) in [4.78, 5) is 0. The van der Waals surface area contributed by atoms with Crippen LogP contribution in [0.25, 0.3) is 5.57 Å². The highest BCUT2D eigenvalue weighted by molar-refractivity contribution is 5.74. The maximum Gasteiger partial charge on any atom is 0.458 e. The summed E-state index contributed by atoms with van der Waals surface area (Å²) in [6.45, 7) is 0. The predicted octanol–water partition coefficient (Wildman–Crippen LogP) is 2.83. The monoisotopic (exact) mass is 330 g/mol. The topological polar surface area (TPSA) is 90.3 Å². The number of allylic oxidation sites excluding steroid dienone is 1. The van der Waals surface area contributed by atoms with E-state index < -0.39 is 23.3 Å². The summed E-state index contributed by atoms with van der Waals surface area (Å²) in [6.07, 6.45) is -4.84. The standard InChI is InChI=1S/C12H7F5N6/c13-11(14,12(15,16)17)8-3-1-2-4-9(8)19-6-7(5-18)10-20-22-23-21-10/h1-4,6,19H,(H,20,21,22,23). The first-order valence-corrected chi connectivity index (χ1v) is 5.92. The van der Waals surface area contributed by atoms with E-state index in [-0.39, 0.29) is 11.4 Å². The summed E-state index contributed by atoms with van der Waals surface area (Å²) in [5, 5.41) is 23.5. The number of benzene rings is 1. The van der Waals surface area contributed by atoms with E-state index in [9.17, 15) is 22.0 Å². The van der Waals surface area contributed by atoms with E-state index in [2.05, 4.69) is 25.9 Å². The minimum Gasteiger partial charge on any atom is -0.360 e. The molecule has 1 heterocycles. The number of nitrogens with one attached hydrogen (secondary N) is 2. The maximum atomic E-state index is 13.5. The second-order valence-corrected chi connectivity index (χ2v) is 4.17. The molecule has 2 N–H and O–H groups in total. The highest BCUT2D eigenvalue weighted by Gasteiger charge is 2.59. The summed E-state index contributed by atoms with van der Waals surface area (Å²) >= 11 is 0. The lowest BCUT2D eigenvalue weighted by Gasteiger charge is -2.22. The first-order chi connectivity index (χ1) is 10.8. The minimum absolute atomic E-state index is 0.139. The van der Waals surface area contributed by atoms with Crippen molar-refractivity contribution in [3.05, 3.63) is 41.9 Å². The number of nitrogens with zero attached hydrogens (tertiary/aromatic N) is 4. The number of rotatable bonds is 4. The van der Waals surface area contributed by atoms with Gasteiger partial charge in [0.2, 0.25) is 5.82 Å². The molecule has 0 fully saturated rings. The molecular formula is C12H7F5N6. The molecule has 0 saturated carbocycles. The van der Waals surface area contributed by atoms with Crippen LogP contribution in [0, 0.1) is 11.3 Å². The molecule has 0 aliphatic rings. The van der Waals surface area contributed by atoms with Crippen LogP contribution in [0.4, 0.5) is 27.6 Å². The van der Waals surface area contributed by atoms with Crippen LogP contribution in [0.1, 0.15) is 11.4 Å². The number of hydrogen-bond donors (Lipinski definition) is 2. The van der Waals surface area contributed by atoms with Crippen molar-refractivity contribution in [2.24, 2.45) is 0 Å². The predicted molar refractivity (Wildman–Crippen MR) is 67.8 cm³/mol. The number of aromatic amines is 1. The van der Waals surface area contributed by atoms with Gasteiger partial charge in [0, 0.05) is 11.9 Å². The molecule has 120 valence electrons. The van der Waals surface area contributed by atoms with Crippen LogP contribution in [0.5, 0.6) is 0 Å². The van der Waals surface area contributed by atoms with Gasteiger partial charge in [-0.25, -0.2) is 0 Å².